The van der Waals surface area contributed by atoms with Gasteiger partial charge in [-0.2, -0.15) is 4.31 Å². The van der Waals surface area contributed by atoms with E-state index in [1.807, 2.05) is 24.3 Å². The molecule has 2 aromatic carbocycles. The van der Waals surface area contributed by atoms with Gasteiger partial charge in [-0.1, -0.05) is 30.8 Å². The molecule has 200 valence electrons. The van der Waals surface area contributed by atoms with Gasteiger partial charge in [-0.15, -0.1) is 0 Å². The van der Waals surface area contributed by atoms with E-state index in [1.54, 1.807) is 42.4 Å². The molecule has 0 radical (unpaired) electrons. The number of sulfonamides is 1. The molecule has 10 heteroatoms. The molecule has 3 aromatic rings. The Hall–Kier alpha value is -2.27. The first-order chi connectivity index (χ1) is 17.9. The second-order valence-corrected chi connectivity index (χ2v) is 12.7. The normalized spacial score (nSPS) is 20.9. The van der Waals surface area contributed by atoms with E-state index in [9.17, 15) is 8.42 Å². The number of thioether (sulfide) groups is 1. The van der Waals surface area contributed by atoms with Crippen molar-refractivity contribution in [2.24, 2.45) is 5.92 Å². The van der Waals surface area contributed by atoms with Gasteiger partial charge in [0.2, 0.25) is 10.0 Å². The van der Waals surface area contributed by atoms with Gasteiger partial charge >= 0.3 is 0 Å². The predicted molar refractivity (Wildman–Crippen MR) is 145 cm³/mol. The third-order valence-electron chi connectivity index (χ3n) is 7.19. The Morgan fingerprint density at radius 3 is 2.73 bits per heavy atom. The molecule has 2 aliphatic heterocycles. The first kappa shape index (κ1) is 26.3. The molecule has 2 aliphatic rings. The minimum atomic E-state index is -3.56. The molecule has 2 atom stereocenters. The van der Waals surface area contributed by atoms with E-state index in [1.165, 1.54) is 0 Å². The fourth-order valence-electron chi connectivity index (χ4n) is 5.25. The summed E-state index contributed by atoms with van der Waals surface area (Å²) in [6.07, 6.45) is 4.15. The number of para-hydroxylation sites is 1. The summed E-state index contributed by atoms with van der Waals surface area (Å²) in [6.45, 7) is 4.71. The van der Waals surface area contributed by atoms with Crippen LogP contribution in [0.1, 0.15) is 38.2 Å². The zero-order valence-electron chi connectivity index (χ0n) is 21.7. The standard InChI is InChI=1S/C27H35N3O5S2/c1-19-7-5-13-29(16-19)37(31,32)22-11-12-24-23(15-22)28-27(30(24)17-21-9-6-14-35-21)36-18-20-8-4-10-25(33-2)26(20)34-3/h4,8,10-12,15,19,21H,5-7,9,13-14,16-18H2,1-3H3. The number of hydrogen-bond acceptors (Lipinski definition) is 7. The van der Waals surface area contributed by atoms with Crippen molar-refractivity contribution in [1.29, 1.82) is 0 Å². The van der Waals surface area contributed by atoms with Crippen molar-refractivity contribution >= 4 is 32.8 Å². The van der Waals surface area contributed by atoms with E-state index in [4.69, 9.17) is 19.2 Å². The van der Waals surface area contributed by atoms with Gasteiger partial charge in [0.25, 0.3) is 0 Å². The molecular formula is C27H35N3O5S2. The highest BCUT2D eigenvalue weighted by atomic mass is 32.2. The van der Waals surface area contributed by atoms with Gasteiger partial charge < -0.3 is 18.8 Å². The molecule has 0 N–H and O–H groups in total. The van der Waals surface area contributed by atoms with E-state index in [0.29, 0.717) is 53.2 Å². The molecule has 5 rings (SSSR count). The fraction of sp³-hybridized carbons (Fsp3) is 0.519. The molecule has 0 spiro atoms. The number of piperidine rings is 1. The van der Waals surface area contributed by atoms with Crippen LogP contribution in [0.2, 0.25) is 0 Å². The zero-order chi connectivity index (χ0) is 26.0. The molecule has 2 saturated heterocycles. The summed E-state index contributed by atoms with van der Waals surface area (Å²) in [5.41, 5.74) is 2.61. The molecule has 0 saturated carbocycles. The zero-order valence-corrected chi connectivity index (χ0v) is 23.3. The van der Waals surface area contributed by atoms with E-state index < -0.39 is 10.0 Å². The Bertz CT molecular complexity index is 1350. The molecule has 8 nitrogen and oxygen atoms in total. The third-order valence-corrected chi connectivity index (χ3v) is 10.1. The van der Waals surface area contributed by atoms with E-state index >= 15 is 0 Å². The van der Waals surface area contributed by atoms with Crippen molar-refractivity contribution in [3.8, 4) is 11.5 Å². The second kappa shape index (κ2) is 11.2. The highest BCUT2D eigenvalue weighted by Gasteiger charge is 2.29. The Labute approximate surface area is 223 Å². The van der Waals surface area contributed by atoms with Crippen LogP contribution >= 0.6 is 11.8 Å². The first-order valence-electron chi connectivity index (χ1n) is 12.9. The Kier molecular flexibility index (Phi) is 7.99. The van der Waals surface area contributed by atoms with Crippen molar-refractivity contribution < 1.29 is 22.6 Å². The highest BCUT2D eigenvalue weighted by molar-refractivity contribution is 7.98. The van der Waals surface area contributed by atoms with Gasteiger partial charge in [0.05, 0.1) is 42.8 Å². The van der Waals surface area contributed by atoms with Crippen LogP contribution in [-0.4, -0.2) is 62.3 Å². The summed E-state index contributed by atoms with van der Waals surface area (Å²) in [5, 5.41) is 0.830. The van der Waals surface area contributed by atoms with Crippen molar-refractivity contribution in [1.82, 2.24) is 13.9 Å². The summed E-state index contributed by atoms with van der Waals surface area (Å²) in [7, 11) is -0.289. The number of ether oxygens (including phenoxy) is 3. The van der Waals surface area contributed by atoms with Gasteiger partial charge in [0.1, 0.15) is 0 Å². The van der Waals surface area contributed by atoms with Crippen LogP contribution < -0.4 is 9.47 Å². The number of methoxy groups -OCH3 is 2. The average Bonchev–Trinajstić information content (AvgIpc) is 3.55. The van der Waals surface area contributed by atoms with E-state index in [-0.39, 0.29) is 6.10 Å². The van der Waals surface area contributed by atoms with Crippen LogP contribution in [0.3, 0.4) is 0 Å². The van der Waals surface area contributed by atoms with Crippen molar-refractivity contribution in [2.75, 3.05) is 33.9 Å². The van der Waals surface area contributed by atoms with Crippen molar-refractivity contribution in [3.05, 3.63) is 42.0 Å². The Morgan fingerprint density at radius 2 is 2.00 bits per heavy atom. The number of imidazole rings is 1. The van der Waals surface area contributed by atoms with Crippen LogP contribution in [0.4, 0.5) is 0 Å². The summed E-state index contributed by atoms with van der Waals surface area (Å²) in [4.78, 5) is 5.22. The SMILES string of the molecule is COc1cccc(CSc2nc3cc(S(=O)(=O)N4CCCC(C)C4)ccc3n2CC2CCCO2)c1OC. The number of hydrogen-bond donors (Lipinski definition) is 0. The van der Waals surface area contributed by atoms with Crippen LogP contribution in [0, 0.1) is 5.92 Å². The lowest BCUT2D eigenvalue weighted by Crippen LogP contribution is -2.39. The number of nitrogens with zero attached hydrogens (tertiary/aromatic N) is 3. The summed E-state index contributed by atoms with van der Waals surface area (Å²) in [6, 6.07) is 11.2. The lowest BCUT2D eigenvalue weighted by Gasteiger charge is -2.30. The fourth-order valence-corrected chi connectivity index (χ4v) is 7.87. The van der Waals surface area contributed by atoms with Crippen molar-refractivity contribution in [3.63, 3.8) is 0 Å². The minimum absolute atomic E-state index is 0.126. The van der Waals surface area contributed by atoms with Gasteiger partial charge in [0, 0.05) is 31.0 Å². The maximum atomic E-state index is 13.4. The predicted octanol–water partition coefficient (Wildman–Crippen LogP) is 4.95. The number of rotatable bonds is 9. The van der Waals surface area contributed by atoms with Crippen molar-refractivity contribution in [2.45, 2.75) is 61.1 Å². The minimum Gasteiger partial charge on any atom is -0.493 e. The Balaban J connectivity index is 1.48. The molecule has 0 bridgehead atoms. The van der Waals surface area contributed by atoms with Gasteiger partial charge in [-0.25, -0.2) is 13.4 Å². The molecular weight excluding hydrogens is 510 g/mol. The lowest BCUT2D eigenvalue weighted by molar-refractivity contribution is 0.0960. The lowest BCUT2D eigenvalue weighted by atomic mass is 10.0. The maximum Gasteiger partial charge on any atom is 0.243 e. The number of fused-ring (bicyclic) bond motifs is 1. The van der Waals surface area contributed by atoms with E-state index in [2.05, 4.69) is 11.5 Å². The maximum absolute atomic E-state index is 13.4. The quantitative estimate of drug-likeness (QED) is 0.352. The molecule has 0 amide bonds. The van der Waals surface area contributed by atoms with Crippen LogP contribution in [0.25, 0.3) is 11.0 Å². The Morgan fingerprint density at radius 1 is 1.14 bits per heavy atom. The average molecular weight is 546 g/mol. The highest BCUT2D eigenvalue weighted by Crippen LogP contribution is 2.36. The monoisotopic (exact) mass is 545 g/mol. The van der Waals surface area contributed by atoms with Gasteiger partial charge in [-0.3, -0.25) is 0 Å². The molecule has 2 unspecified atom stereocenters. The smallest absolute Gasteiger partial charge is 0.243 e. The molecule has 0 aliphatic carbocycles. The molecule has 3 heterocycles. The van der Waals surface area contributed by atoms with Gasteiger partial charge in [-0.05, 0) is 55.9 Å². The molecule has 37 heavy (non-hydrogen) atoms. The molecule has 1 aromatic heterocycles. The van der Waals surface area contributed by atoms with Crippen LogP contribution in [0.15, 0.2) is 46.5 Å². The van der Waals surface area contributed by atoms with Crippen LogP contribution in [-0.2, 0) is 27.1 Å². The molecule has 2 fully saturated rings. The summed E-state index contributed by atoms with van der Waals surface area (Å²) >= 11 is 1.60. The number of benzene rings is 2. The second-order valence-electron chi connectivity index (χ2n) is 9.84. The first-order valence-corrected chi connectivity index (χ1v) is 15.3. The van der Waals surface area contributed by atoms with E-state index in [0.717, 1.165) is 48.5 Å². The summed E-state index contributed by atoms with van der Waals surface area (Å²) < 4.78 is 47.7. The van der Waals surface area contributed by atoms with Gasteiger partial charge in [0.15, 0.2) is 16.7 Å². The topological polar surface area (TPSA) is 82.9 Å². The third kappa shape index (κ3) is 5.48. The largest absolute Gasteiger partial charge is 0.493 e. The van der Waals surface area contributed by atoms with Crippen LogP contribution in [0.5, 0.6) is 11.5 Å². The summed E-state index contributed by atoms with van der Waals surface area (Å²) in [5.74, 6) is 2.40. The number of aromatic nitrogens is 2.